The fourth-order valence-corrected chi connectivity index (χ4v) is 2.32. The van der Waals surface area contributed by atoms with Crippen molar-refractivity contribution in [1.29, 1.82) is 0 Å². The van der Waals surface area contributed by atoms with Crippen LogP contribution in [-0.2, 0) is 0 Å². The molecule has 2 rings (SSSR count). The predicted molar refractivity (Wildman–Crippen MR) is 67.5 cm³/mol. The monoisotopic (exact) mass is 283 g/mol. The first kappa shape index (κ1) is 14.2. The van der Waals surface area contributed by atoms with Gasteiger partial charge in [0.2, 0.25) is 0 Å². The number of nitro benzene ring substituents is 1. The number of benzene rings is 1. The molecule has 1 aromatic carbocycles. The number of ether oxygens (including phenoxy) is 1. The quantitative estimate of drug-likeness (QED) is 0.677. The maximum absolute atomic E-state index is 13.8. The topological polar surface area (TPSA) is 89.7 Å². The van der Waals surface area contributed by atoms with Crippen molar-refractivity contribution in [2.75, 3.05) is 0 Å². The maximum Gasteiger partial charge on any atom is 0.342 e. The van der Waals surface area contributed by atoms with Crippen molar-refractivity contribution < 1.29 is 24.0 Å². The molecule has 0 radical (unpaired) electrons. The van der Waals surface area contributed by atoms with Crippen LogP contribution in [0.4, 0.5) is 10.1 Å². The van der Waals surface area contributed by atoms with Crippen LogP contribution < -0.4 is 4.74 Å². The van der Waals surface area contributed by atoms with E-state index in [2.05, 4.69) is 0 Å². The van der Waals surface area contributed by atoms with Gasteiger partial charge in [-0.05, 0) is 25.7 Å². The lowest BCUT2D eigenvalue weighted by Crippen LogP contribution is -2.20. The Kier molecular flexibility index (Phi) is 4.16. The zero-order valence-corrected chi connectivity index (χ0v) is 10.7. The number of nitrogens with zero attached hydrogens (tertiary/aromatic N) is 1. The lowest BCUT2D eigenvalue weighted by atomic mass is 9.98. The minimum Gasteiger partial charge on any atom is -0.487 e. The molecule has 0 saturated heterocycles. The fraction of sp³-hybridized carbons (Fsp3) is 0.462. The highest BCUT2D eigenvalue weighted by Crippen LogP contribution is 2.30. The van der Waals surface area contributed by atoms with E-state index in [4.69, 9.17) is 9.84 Å². The third kappa shape index (κ3) is 3.04. The van der Waals surface area contributed by atoms with Gasteiger partial charge >= 0.3 is 5.97 Å². The molecule has 7 heteroatoms. The lowest BCUT2D eigenvalue weighted by molar-refractivity contribution is -0.385. The molecule has 0 aromatic heterocycles. The molecular weight excluding hydrogens is 269 g/mol. The van der Waals surface area contributed by atoms with Gasteiger partial charge in [0.25, 0.3) is 5.69 Å². The molecule has 1 fully saturated rings. The van der Waals surface area contributed by atoms with Crippen LogP contribution >= 0.6 is 0 Å². The van der Waals surface area contributed by atoms with Gasteiger partial charge in [-0.2, -0.15) is 0 Å². The first-order chi connectivity index (χ1) is 9.49. The largest absolute Gasteiger partial charge is 0.487 e. The summed E-state index contributed by atoms with van der Waals surface area (Å²) >= 11 is 0. The van der Waals surface area contributed by atoms with Crippen LogP contribution in [0.2, 0.25) is 0 Å². The zero-order valence-electron chi connectivity index (χ0n) is 10.7. The van der Waals surface area contributed by atoms with Gasteiger partial charge in [0.1, 0.15) is 5.56 Å². The van der Waals surface area contributed by atoms with E-state index < -0.39 is 28.0 Å². The molecule has 1 aliphatic rings. The molecule has 0 atom stereocenters. The Morgan fingerprint density at radius 1 is 1.35 bits per heavy atom. The zero-order chi connectivity index (χ0) is 14.7. The third-order valence-electron chi connectivity index (χ3n) is 3.32. The average Bonchev–Trinajstić information content (AvgIpc) is 2.41. The number of carbonyl (C=O) groups is 1. The smallest absolute Gasteiger partial charge is 0.342 e. The Balaban J connectivity index is 2.31. The van der Waals surface area contributed by atoms with Crippen molar-refractivity contribution in [2.24, 2.45) is 0 Å². The molecule has 0 aliphatic heterocycles. The summed E-state index contributed by atoms with van der Waals surface area (Å²) < 4.78 is 19.2. The number of hydrogen-bond acceptors (Lipinski definition) is 4. The number of aromatic carboxylic acids is 1. The minimum atomic E-state index is -1.48. The molecule has 0 bridgehead atoms. The molecule has 1 aromatic rings. The highest BCUT2D eigenvalue weighted by molar-refractivity contribution is 5.92. The molecule has 0 spiro atoms. The van der Waals surface area contributed by atoms with E-state index in [1.165, 1.54) is 0 Å². The molecule has 0 heterocycles. The summed E-state index contributed by atoms with van der Waals surface area (Å²) in [4.78, 5) is 20.8. The van der Waals surface area contributed by atoms with Gasteiger partial charge in [-0.15, -0.1) is 0 Å². The summed E-state index contributed by atoms with van der Waals surface area (Å²) in [5, 5.41) is 19.7. The highest BCUT2D eigenvalue weighted by atomic mass is 19.1. The second kappa shape index (κ2) is 5.85. The summed E-state index contributed by atoms with van der Waals surface area (Å²) in [5.74, 6) is -2.63. The van der Waals surface area contributed by atoms with E-state index in [0.29, 0.717) is 6.07 Å². The molecule has 6 nitrogen and oxygen atoms in total. The van der Waals surface area contributed by atoms with Crippen molar-refractivity contribution in [3.05, 3.63) is 33.6 Å². The molecule has 108 valence electrons. The van der Waals surface area contributed by atoms with Gasteiger partial charge in [0, 0.05) is 6.07 Å². The van der Waals surface area contributed by atoms with Crippen LogP contribution in [-0.4, -0.2) is 22.1 Å². The Morgan fingerprint density at radius 2 is 2.00 bits per heavy atom. The SMILES string of the molecule is O=C(O)c1cc(OC2CCCCC2)c(F)cc1[N+](=O)[O-]. The maximum atomic E-state index is 13.8. The van der Waals surface area contributed by atoms with E-state index in [0.717, 1.165) is 38.2 Å². The Bertz CT molecular complexity index is 540. The van der Waals surface area contributed by atoms with E-state index in [1.807, 2.05) is 0 Å². The summed E-state index contributed by atoms with van der Waals surface area (Å²) in [6.45, 7) is 0. The van der Waals surface area contributed by atoms with Gasteiger partial charge < -0.3 is 9.84 Å². The first-order valence-corrected chi connectivity index (χ1v) is 6.37. The Labute approximate surface area is 114 Å². The molecule has 1 saturated carbocycles. The van der Waals surface area contributed by atoms with E-state index in [-0.39, 0.29) is 11.9 Å². The fourth-order valence-electron chi connectivity index (χ4n) is 2.32. The second-order valence-electron chi connectivity index (χ2n) is 4.74. The van der Waals surface area contributed by atoms with Crippen LogP contribution in [0.3, 0.4) is 0 Å². The van der Waals surface area contributed by atoms with Crippen LogP contribution in [0.5, 0.6) is 5.75 Å². The van der Waals surface area contributed by atoms with Crippen molar-refractivity contribution in [1.82, 2.24) is 0 Å². The van der Waals surface area contributed by atoms with Crippen LogP contribution in [0, 0.1) is 15.9 Å². The number of carboxylic acids is 1. The number of rotatable bonds is 4. The predicted octanol–water partition coefficient (Wildman–Crippen LogP) is 3.14. The summed E-state index contributed by atoms with van der Waals surface area (Å²) in [6.07, 6.45) is 4.44. The van der Waals surface area contributed by atoms with Gasteiger partial charge in [-0.1, -0.05) is 6.42 Å². The van der Waals surface area contributed by atoms with Gasteiger partial charge in [-0.3, -0.25) is 10.1 Å². The number of nitro groups is 1. The normalized spacial score (nSPS) is 15.8. The standard InChI is InChI=1S/C13H14FNO5/c14-10-7-11(15(18)19)9(13(16)17)6-12(10)20-8-4-2-1-3-5-8/h6-8H,1-5H2,(H,16,17). The van der Waals surface area contributed by atoms with Crippen molar-refractivity contribution in [3.63, 3.8) is 0 Å². The Hall–Kier alpha value is -2.18. The van der Waals surface area contributed by atoms with Crippen molar-refractivity contribution in [3.8, 4) is 5.75 Å². The van der Waals surface area contributed by atoms with E-state index in [9.17, 15) is 19.3 Å². The number of hydrogen-bond donors (Lipinski definition) is 1. The lowest BCUT2D eigenvalue weighted by Gasteiger charge is -2.23. The highest BCUT2D eigenvalue weighted by Gasteiger charge is 2.25. The molecule has 1 N–H and O–H groups in total. The molecule has 1 aliphatic carbocycles. The van der Waals surface area contributed by atoms with E-state index >= 15 is 0 Å². The van der Waals surface area contributed by atoms with Crippen LogP contribution in [0.25, 0.3) is 0 Å². The summed E-state index contributed by atoms with van der Waals surface area (Å²) in [7, 11) is 0. The van der Waals surface area contributed by atoms with Gasteiger partial charge in [0.15, 0.2) is 11.6 Å². The molecule has 20 heavy (non-hydrogen) atoms. The molecular formula is C13H14FNO5. The van der Waals surface area contributed by atoms with Gasteiger partial charge in [-0.25, -0.2) is 9.18 Å². The van der Waals surface area contributed by atoms with Crippen LogP contribution in [0.15, 0.2) is 12.1 Å². The molecule has 0 unspecified atom stereocenters. The van der Waals surface area contributed by atoms with Crippen molar-refractivity contribution >= 4 is 11.7 Å². The van der Waals surface area contributed by atoms with Crippen LogP contribution in [0.1, 0.15) is 42.5 Å². The van der Waals surface area contributed by atoms with Gasteiger partial charge in [0.05, 0.1) is 17.1 Å². The Morgan fingerprint density at radius 3 is 2.55 bits per heavy atom. The number of halogens is 1. The second-order valence-corrected chi connectivity index (χ2v) is 4.74. The molecule has 0 amide bonds. The van der Waals surface area contributed by atoms with E-state index in [1.54, 1.807) is 0 Å². The summed E-state index contributed by atoms with van der Waals surface area (Å²) in [6, 6.07) is 1.49. The third-order valence-corrected chi connectivity index (χ3v) is 3.32. The number of carboxylic acid groups (broad SMARTS) is 1. The minimum absolute atomic E-state index is 0.165. The van der Waals surface area contributed by atoms with Crippen molar-refractivity contribution in [2.45, 2.75) is 38.2 Å². The first-order valence-electron chi connectivity index (χ1n) is 6.37. The average molecular weight is 283 g/mol. The summed E-state index contributed by atoms with van der Waals surface area (Å²) in [5.41, 5.74) is -1.34.